The minimum Gasteiger partial charge on any atom is -0.371 e. The Morgan fingerprint density at radius 1 is 1.17 bits per heavy atom. The van der Waals surface area contributed by atoms with Crippen molar-refractivity contribution in [1.29, 1.82) is 0 Å². The molecule has 2 heterocycles. The molecular formula is C29H38F3N3O5S. The van der Waals surface area contributed by atoms with E-state index < -0.39 is 40.7 Å². The summed E-state index contributed by atoms with van der Waals surface area (Å²) in [5.74, 6) is -1.42. The Kier molecular flexibility index (Phi) is 10.1. The van der Waals surface area contributed by atoms with Gasteiger partial charge in [-0.1, -0.05) is 26.0 Å². The molecule has 2 atom stereocenters. The molecule has 1 aliphatic heterocycles. The molecule has 0 saturated heterocycles. The lowest BCUT2D eigenvalue weighted by molar-refractivity contribution is -0.184. The fourth-order valence-corrected chi connectivity index (χ4v) is 6.81. The average Bonchev–Trinajstić information content (AvgIpc) is 3.31. The molecule has 1 aromatic heterocycles. The number of hydrogen-bond acceptors (Lipinski definition) is 7. The Morgan fingerprint density at radius 2 is 1.85 bits per heavy atom. The number of carbonyl (C=O) groups is 1. The summed E-state index contributed by atoms with van der Waals surface area (Å²) in [6.07, 6.45) is -0.346. The second-order valence-corrected chi connectivity index (χ2v) is 13.2. The molecular weight excluding hydrogens is 559 g/mol. The SMILES string of the molecule is CC[C@H]1c2ncc(C(=O)N[C@@H](COCO)c3ccc(S(=O)(=O)CC)cc3)cc2CN1CC1CCC(C(F)(F)F)CC1. The third-order valence-corrected chi connectivity index (χ3v) is 10.0. The summed E-state index contributed by atoms with van der Waals surface area (Å²) in [4.78, 5) is 20.3. The van der Waals surface area contributed by atoms with Crippen LogP contribution in [0.4, 0.5) is 13.2 Å². The number of ether oxygens (including phenoxy) is 1. The summed E-state index contributed by atoms with van der Waals surface area (Å²) < 4.78 is 68.7. The smallest absolute Gasteiger partial charge is 0.371 e. The van der Waals surface area contributed by atoms with Crippen molar-refractivity contribution >= 4 is 15.7 Å². The third kappa shape index (κ3) is 7.46. The molecule has 4 rings (SSSR count). The van der Waals surface area contributed by atoms with Gasteiger partial charge in [0, 0.05) is 19.3 Å². The number of benzene rings is 1. The highest BCUT2D eigenvalue weighted by atomic mass is 32.2. The second-order valence-electron chi connectivity index (χ2n) is 10.9. The maximum atomic E-state index is 13.3. The van der Waals surface area contributed by atoms with E-state index in [1.807, 2.05) is 6.07 Å². The predicted molar refractivity (Wildman–Crippen MR) is 147 cm³/mol. The van der Waals surface area contributed by atoms with Crippen molar-refractivity contribution < 1.29 is 36.2 Å². The van der Waals surface area contributed by atoms with Crippen molar-refractivity contribution in [3.63, 3.8) is 0 Å². The molecule has 226 valence electrons. The standard InChI is InChI=1S/C29H38F3N3O5S/c1-3-26-27-22(16-35(26)15-19-5-9-23(10-6-19)29(30,31)32)13-21(14-33-27)28(37)34-25(17-40-18-36)20-7-11-24(12-8-20)41(38,39)4-2/h7-8,11-14,19,23,25-26,36H,3-6,9-10,15-18H2,1-2H3,(H,34,37)/t19?,23?,25-,26-/m0/s1. The van der Waals surface area contributed by atoms with Crippen molar-refractivity contribution in [1.82, 2.24) is 15.2 Å². The van der Waals surface area contributed by atoms with Crippen LogP contribution in [0.5, 0.6) is 0 Å². The molecule has 2 aliphatic rings. The van der Waals surface area contributed by atoms with Gasteiger partial charge >= 0.3 is 6.18 Å². The van der Waals surface area contributed by atoms with Crippen LogP contribution in [0.15, 0.2) is 41.4 Å². The molecule has 1 fully saturated rings. The summed E-state index contributed by atoms with van der Waals surface area (Å²) >= 11 is 0. The van der Waals surface area contributed by atoms with Crippen LogP contribution >= 0.6 is 0 Å². The van der Waals surface area contributed by atoms with E-state index >= 15 is 0 Å². The molecule has 41 heavy (non-hydrogen) atoms. The number of hydrogen-bond donors (Lipinski definition) is 2. The monoisotopic (exact) mass is 597 g/mol. The molecule has 0 unspecified atom stereocenters. The molecule has 12 heteroatoms. The number of aromatic nitrogens is 1. The maximum absolute atomic E-state index is 13.3. The van der Waals surface area contributed by atoms with Gasteiger partial charge in [0.25, 0.3) is 5.91 Å². The lowest BCUT2D eigenvalue weighted by atomic mass is 9.81. The Bertz CT molecular complexity index is 1300. The van der Waals surface area contributed by atoms with Crippen LogP contribution in [0.3, 0.4) is 0 Å². The largest absolute Gasteiger partial charge is 0.391 e. The number of nitrogens with one attached hydrogen (secondary N) is 1. The molecule has 1 saturated carbocycles. The summed E-state index contributed by atoms with van der Waals surface area (Å²) in [5, 5.41) is 12.1. The summed E-state index contributed by atoms with van der Waals surface area (Å²) in [6, 6.07) is 7.40. The van der Waals surface area contributed by atoms with E-state index in [0.29, 0.717) is 37.1 Å². The van der Waals surface area contributed by atoms with Gasteiger partial charge in [0.2, 0.25) is 0 Å². The zero-order valence-corrected chi connectivity index (χ0v) is 24.2. The van der Waals surface area contributed by atoms with E-state index in [0.717, 1.165) is 17.7 Å². The topological polar surface area (TPSA) is 109 Å². The van der Waals surface area contributed by atoms with E-state index in [1.54, 1.807) is 19.1 Å². The molecule has 8 nitrogen and oxygen atoms in total. The minimum atomic E-state index is -4.12. The zero-order chi connectivity index (χ0) is 29.8. The number of alkyl halides is 3. The highest BCUT2D eigenvalue weighted by Crippen LogP contribution is 2.42. The lowest BCUT2D eigenvalue weighted by Crippen LogP contribution is -2.33. The van der Waals surface area contributed by atoms with E-state index in [-0.39, 0.29) is 42.1 Å². The first-order valence-electron chi connectivity index (χ1n) is 14.1. The van der Waals surface area contributed by atoms with Crippen LogP contribution in [-0.2, 0) is 21.1 Å². The Morgan fingerprint density at radius 3 is 2.44 bits per heavy atom. The maximum Gasteiger partial charge on any atom is 0.391 e. The highest BCUT2D eigenvalue weighted by molar-refractivity contribution is 7.91. The van der Waals surface area contributed by atoms with E-state index in [1.165, 1.54) is 18.3 Å². The fraction of sp³-hybridized carbons (Fsp3) is 0.586. The van der Waals surface area contributed by atoms with Gasteiger partial charge < -0.3 is 15.2 Å². The van der Waals surface area contributed by atoms with Gasteiger partial charge in [0.05, 0.1) is 46.5 Å². The summed E-state index contributed by atoms with van der Waals surface area (Å²) in [6.45, 7) is 4.33. The minimum absolute atomic E-state index is 0.0250. The Labute approximate surface area is 239 Å². The number of fused-ring (bicyclic) bond motifs is 1. The van der Waals surface area contributed by atoms with Crippen LogP contribution in [0, 0.1) is 11.8 Å². The van der Waals surface area contributed by atoms with Gasteiger partial charge in [-0.2, -0.15) is 13.2 Å². The number of pyridine rings is 1. The van der Waals surface area contributed by atoms with E-state index in [4.69, 9.17) is 9.84 Å². The summed E-state index contributed by atoms with van der Waals surface area (Å²) in [5.41, 5.74) is 2.78. The van der Waals surface area contributed by atoms with Crippen LogP contribution in [-0.4, -0.2) is 61.2 Å². The summed E-state index contributed by atoms with van der Waals surface area (Å²) in [7, 11) is -3.37. The first-order valence-corrected chi connectivity index (χ1v) is 15.7. The number of amides is 1. The van der Waals surface area contributed by atoms with Crippen LogP contribution < -0.4 is 5.32 Å². The lowest BCUT2D eigenvalue weighted by Gasteiger charge is -2.33. The van der Waals surface area contributed by atoms with Crippen molar-refractivity contribution in [3.8, 4) is 0 Å². The van der Waals surface area contributed by atoms with Gasteiger partial charge in [0.15, 0.2) is 9.84 Å². The quantitative estimate of drug-likeness (QED) is 0.353. The van der Waals surface area contributed by atoms with Gasteiger partial charge in [-0.3, -0.25) is 14.7 Å². The highest BCUT2D eigenvalue weighted by Gasteiger charge is 2.42. The number of halogens is 3. The molecule has 1 aliphatic carbocycles. The van der Waals surface area contributed by atoms with Crippen molar-refractivity contribution in [3.05, 3.63) is 58.9 Å². The zero-order valence-electron chi connectivity index (χ0n) is 23.4. The number of aliphatic hydroxyl groups is 1. The number of carbonyl (C=O) groups excluding carboxylic acids is 1. The Balaban J connectivity index is 1.44. The third-order valence-electron chi connectivity index (χ3n) is 8.29. The second kappa shape index (κ2) is 13.2. The van der Waals surface area contributed by atoms with Crippen molar-refractivity contribution in [2.24, 2.45) is 11.8 Å². The average molecular weight is 598 g/mol. The molecule has 1 aromatic carbocycles. The van der Waals surface area contributed by atoms with Crippen LogP contribution in [0.25, 0.3) is 0 Å². The first-order chi connectivity index (χ1) is 19.5. The molecule has 2 N–H and O–H groups in total. The van der Waals surface area contributed by atoms with E-state index in [9.17, 15) is 26.4 Å². The van der Waals surface area contributed by atoms with Crippen LogP contribution in [0.2, 0.25) is 0 Å². The Hall–Kier alpha value is -2.54. The molecule has 0 bridgehead atoms. The first kappa shape index (κ1) is 31.4. The van der Waals surface area contributed by atoms with Crippen molar-refractivity contribution in [2.45, 2.75) is 75.7 Å². The number of aliphatic hydroxyl groups excluding tert-OH is 1. The number of sulfone groups is 1. The van der Waals surface area contributed by atoms with Gasteiger partial charge in [-0.25, -0.2) is 8.42 Å². The van der Waals surface area contributed by atoms with Gasteiger partial charge in [-0.05, 0) is 67.3 Å². The van der Waals surface area contributed by atoms with Gasteiger partial charge in [0.1, 0.15) is 6.79 Å². The van der Waals surface area contributed by atoms with Crippen LogP contribution in [0.1, 0.15) is 85.2 Å². The van der Waals surface area contributed by atoms with Gasteiger partial charge in [-0.15, -0.1) is 0 Å². The molecule has 0 spiro atoms. The van der Waals surface area contributed by atoms with E-state index in [2.05, 4.69) is 22.1 Å². The molecule has 0 radical (unpaired) electrons. The molecule has 2 aromatic rings. The fourth-order valence-electron chi connectivity index (χ4n) is 5.93. The predicted octanol–water partition coefficient (Wildman–Crippen LogP) is 4.95. The molecule has 1 amide bonds. The normalized spacial score (nSPS) is 22.3. The number of rotatable bonds is 11. The number of nitrogens with zero attached hydrogens (tertiary/aromatic N) is 2. The van der Waals surface area contributed by atoms with Crippen molar-refractivity contribution in [2.75, 3.05) is 25.7 Å².